The van der Waals surface area contributed by atoms with E-state index in [2.05, 4.69) is 20.7 Å². The van der Waals surface area contributed by atoms with Crippen LogP contribution in [0, 0.1) is 0 Å². The molecule has 0 aliphatic rings. The molecule has 1 heterocycles. The summed E-state index contributed by atoms with van der Waals surface area (Å²) in [4.78, 5) is 12.5. The molecule has 10 heteroatoms. The van der Waals surface area contributed by atoms with Crippen LogP contribution >= 0.6 is 35.0 Å². The first-order valence-corrected chi connectivity index (χ1v) is 12.8. The maximum atomic E-state index is 12.5. The number of amides is 1. The fraction of sp³-hybridized carbons (Fsp3) is 0.154. The minimum atomic E-state index is -0.261. The van der Waals surface area contributed by atoms with Crippen molar-refractivity contribution in [2.45, 2.75) is 19.0 Å². The first-order chi connectivity index (χ1) is 17.4. The Labute approximate surface area is 223 Å². The number of nitrogens with zero attached hydrogens (tertiary/aromatic N) is 4. The molecule has 0 saturated heterocycles. The Hall–Kier alpha value is -3.33. The SMILES string of the molecule is CCOc1ccc(-n2c(SCC(=O)NN=C(C)c3ccc(Cl)cc3)nnc2-c2ccc(Cl)cc2)cc1. The van der Waals surface area contributed by atoms with Crippen molar-refractivity contribution in [3.8, 4) is 22.8 Å². The number of thioether (sulfide) groups is 1. The van der Waals surface area contributed by atoms with Crippen LogP contribution in [0.4, 0.5) is 0 Å². The summed E-state index contributed by atoms with van der Waals surface area (Å²) in [5.74, 6) is 1.25. The zero-order valence-corrected chi connectivity index (χ0v) is 21.9. The number of carbonyl (C=O) groups excluding carboxylic acids is 1. The molecule has 36 heavy (non-hydrogen) atoms. The fourth-order valence-electron chi connectivity index (χ4n) is 3.30. The number of hydrogen-bond acceptors (Lipinski definition) is 6. The first kappa shape index (κ1) is 25.8. The third-order valence-corrected chi connectivity index (χ3v) is 6.52. The predicted molar refractivity (Wildman–Crippen MR) is 146 cm³/mol. The molecule has 0 fully saturated rings. The molecule has 1 aromatic heterocycles. The van der Waals surface area contributed by atoms with Gasteiger partial charge in [-0.1, -0.05) is 47.1 Å². The van der Waals surface area contributed by atoms with Crippen LogP contribution in [0.1, 0.15) is 19.4 Å². The molecule has 7 nitrogen and oxygen atoms in total. The second-order valence-electron chi connectivity index (χ2n) is 7.60. The van der Waals surface area contributed by atoms with E-state index in [1.165, 1.54) is 11.8 Å². The van der Waals surface area contributed by atoms with Gasteiger partial charge in [-0.15, -0.1) is 10.2 Å². The van der Waals surface area contributed by atoms with Crippen LogP contribution < -0.4 is 10.2 Å². The van der Waals surface area contributed by atoms with Gasteiger partial charge in [0.05, 0.1) is 18.1 Å². The van der Waals surface area contributed by atoms with Gasteiger partial charge in [-0.3, -0.25) is 9.36 Å². The van der Waals surface area contributed by atoms with Gasteiger partial charge in [0.15, 0.2) is 11.0 Å². The second kappa shape index (κ2) is 12.1. The summed E-state index contributed by atoms with van der Waals surface area (Å²) < 4.78 is 7.47. The summed E-state index contributed by atoms with van der Waals surface area (Å²) in [6.45, 7) is 4.34. The topological polar surface area (TPSA) is 81.4 Å². The molecule has 0 aliphatic carbocycles. The lowest BCUT2D eigenvalue weighted by Crippen LogP contribution is -2.21. The average molecular weight is 540 g/mol. The van der Waals surface area contributed by atoms with Gasteiger partial charge in [-0.05, 0) is 80.1 Å². The molecule has 4 rings (SSSR count). The highest BCUT2D eigenvalue weighted by Gasteiger charge is 2.17. The highest BCUT2D eigenvalue weighted by atomic mass is 35.5. The molecule has 1 amide bonds. The van der Waals surface area contributed by atoms with Crippen molar-refractivity contribution in [3.63, 3.8) is 0 Å². The molecule has 184 valence electrons. The van der Waals surface area contributed by atoms with E-state index < -0.39 is 0 Å². The van der Waals surface area contributed by atoms with Gasteiger partial charge in [-0.25, -0.2) is 5.43 Å². The number of nitrogens with one attached hydrogen (secondary N) is 1. The lowest BCUT2D eigenvalue weighted by Gasteiger charge is -2.11. The molecule has 4 aromatic rings. The molecule has 1 N–H and O–H groups in total. The maximum absolute atomic E-state index is 12.5. The summed E-state index contributed by atoms with van der Waals surface area (Å²) in [6.07, 6.45) is 0. The van der Waals surface area contributed by atoms with Crippen molar-refractivity contribution >= 4 is 46.6 Å². The number of benzene rings is 3. The smallest absolute Gasteiger partial charge is 0.250 e. The number of ether oxygens (including phenoxy) is 1. The number of hydrogen-bond donors (Lipinski definition) is 1. The lowest BCUT2D eigenvalue weighted by atomic mass is 10.1. The maximum Gasteiger partial charge on any atom is 0.250 e. The van der Waals surface area contributed by atoms with Crippen LogP contribution in [-0.2, 0) is 4.79 Å². The molecule has 0 bridgehead atoms. The average Bonchev–Trinajstić information content (AvgIpc) is 3.31. The minimum Gasteiger partial charge on any atom is -0.494 e. The molecular formula is C26H23Cl2N5O2S. The predicted octanol–water partition coefficient (Wildman–Crippen LogP) is 6.27. The lowest BCUT2D eigenvalue weighted by molar-refractivity contribution is -0.118. The Morgan fingerprint density at radius 3 is 2.25 bits per heavy atom. The van der Waals surface area contributed by atoms with Gasteiger partial charge in [0.1, 0.15) is 5.75 Å². The number of carbonyl (C=O) groups is 1. The van der Waals surface area contributed by atoms with E-state index >= 15 is 0 Å². The summed E-state index contributed by atoms with van der Waals surface area (Å²) in [7, 11) is 0. The Morgan fingerprint density at radius 1 is 0.972 bits per heavy atom. The quantitative estimate of drug-likeness (QED) is 0.154. The van der Waals surface area contributed by atoms with E-state index in [-0.39, 0.29) is 11.7 Å². The Morgan fingerprint density at radius 2 is 1.61 bits per heavy atom. The van der Waals surface area contributed by atoms with E-state index in [1.807, 2.05) is 66.9 Å². The van der Waals surface area contributed by atoms with Crippen LogP contribution in [0.2, 0.25) is 10.0 Å². The van der Waals surface area contributed by atoms with Gasteiger partial charge in [0.2, 0.25) is 0 Å². The van der Waals surface area contributed by atoms with Gasteiger partial charge in [-0.2, -0.15) is 5.10 Å². The largest absolute Gasteiger partial charge is 0.494 e. The Bertz CT molecular complexity index is 1350. The van der Waals surface area contributed by atoms with Crippen molar-refractivity contribution in [3.05, 3.63) is 88.4 Å². The number of rotatable bonds is 9. The van der Waals surface area contributed by atoms with E-state index in [1.54, 1.807) is 24.3 Å². The normalized spacial score (nSPS) is 11.4. The van der Waals surface area contributed by atoms with Crippen molar-refractivity contribution in [2.24, 2.45) is 5.10 Å². The summed E-state index contributed by atoms with van der Waals surface area (Å²) in [5, 5.41) is 14.8. The zero-order valence-electron chi connectivity index (χ0n) is 19.6. The molecular weight excluding hydrogens is 517 g/mol. The first-order valence-electron chi connectivity index (χ1n) is 11.1. The second-order valence-corrected chi connectivity index (χ2v) is 9.42. The number of hydrazone groups is 1. The standard InChI is InChI=1S/C26H23Cl2N5O2S/c1-3-35-23-14-12-22(13-15-23)33-25(19-6-10-21(28)11-7-19)31-32-26(33)36-16-24(34)30-29-17(2)18-4-8-20(27)9-5-18/h4-15H,3,16H2,1-2H3,(H,30,34). The minimum absolute atomic E-state index is 0.104. The van der Waals surface area contributed by atoms with Gasteiger partial charge < -0.3 is 4.74 Å². The van der Waals surface area contributed by atoms with Crippen LogP contribution in [-0.4, -0.2) is 38.7 Å². The summed E-state index contributed by atoms with van der Waals surface area (Å²) >= 11 is 13.3. The zero-order chi connectivity index (χ0) is 25.5. The van der Waals surface area contributed by atoms with E-state index in [9.17, 15) is 4.79 Å². The van der Waals surface area contributed by atoms with E-state index in [0.29, 0.717) is 33.3 Å². The molecule has 0 unspecified atom stereocenters. The molecule has 0 aliphatic heterocycles. The summed E-state index contributed by atoms with van der Waals surface area (Å²) in [5.41, 5.74) is 5.83. The van der Waals surface area contributed by atoms with Crippen molar-refractivity contribution in [1.82, 2.24) is 20.2 Å². The third-order valence-electron chi connectivity index (χ3n) is 5.08. The summed E-state index contributed by atoms with van der Waals surface area (Å²) in [6, 6.07) is 22.2. The van der Waals surface area contributed by atoms with Crippen molar-refractivity contribution in [2.75, 3.05) is 12.4 Å². The van der Waals surface area contributed by atoms with Crippen LogP contribution in [0.5, 0.6) is 5.75 Å². The highest BCUT2D eigenvalue weighted by molar-refractivity contribution is 7.99. The fourth-order valence-corrected chi connectivity index (χ4v) is 4.30. The van der Waals surface area contributed by atoms with Crippen LogP contribution in [0.25, 0.3) is 17.1 Å². The van der Waals surface area contributed by atoms with Gasteiger partial charge in [0.25, 0.3) is 5.91 Å². The molecule has 0 spiro atoms. The van der Waals surface area contributed by atoms with Crippen LogP contribution in [0.15, 0.2) is 83.1 Å². The monoisotopic (exact) mass is 539 g/mol. The number of halogens is 2. The van der Waals surface area contributed by atoms with E-state index in [4.69, 9.17) is 27.9 Å². The van der Waals surface area contributed by atoms with Crippen molar-refractivity contribution in [1.29, 1.82) is 0 Å². The Kier molecular flexibility index (Phi) is 8.64. The van der Waals surface area contributed by atoms with Crippen molar-refractivity contribution < 1.29 is 9.53 Å². The molecule has 3 aromatic carbocycles. The van der Waals surface area contributed by atoms with Gasteiger partial charge >= 0.3 is 0 Å². The number of aromatic nitrogens is 3. The molecule has 0 atom stereocenters. The highest BCUT2D eigenvalue weighted by Crippen LogP contribution is 2.29. The Balaban J connectivity index is 1.53. The molecule has 0 radical (unpaired) electrons. The van der Waals surface area contributed by atoms with E-state index in [0.717, 1.165) is 22.6 Å². The van der Waals surface area contributed by atoms with Crippen LogP contribution in [0.3, 0.4) is 0 Å². The third kappa shape index (κ3) is 6.46. The van der Waals surface area contributed by atoms with Gasteiger partial charge in [0, 0.05) is 21.3 Å². The molecule has 0 saturated carbocycles.